The van der Waals surface area contributed by atoms with Gasteiger partial charge in [0.05, 0.1) is 6.10 Å². The average molecular weight is 511 g/mol. The number of aliphatic hydroxyl groups is 2. The van der Waals surface area contributed by atoms with Crippen LogP contribution >= 0.6 is 0 Å². The molecule has 4 N–H and O–H groups in total. The molecule has 9 heteroatoms. The van der Waals surface area contributed by atoms with Crippen molar-refractivity contribution in [2.24, 2.45) is 5.73 Å². The molecule has 37 heavy (non-hydrogen) atoms. The van der Waals surface area contributed by atoms with Crippen molar-refractivity contribution in [1.29, 1.82) is 0 Å². The van der Waals surface area contributed by atoms with Crippen LogP contribution in [0.15, 0.2) is 28.8 Å². The molecule has 0 spiro atoms. The predicted octanol–water partition coefficient (Wildman–Crippen LogP) is 4.25. The molecule has 0 radical (unpaired) electrons. The monoisotopic (exact) mass is 510 g/mol. The zero-order valence-corrected chi connectivity index (χ0v) is 22.3. The summed E-state index contributed by atoms with van der Waals surface area (Å²) in [5.41, 5.74) is 10.5. The number of hydrogen-bond donors (Lipinski definition) is 3. The van der Waals surface area contributed by atoms with Gasteiger partial charge < -0.3 is 25.2 Å². The van der Waals surface area contributed by atoms with E-state index >= 15 is 0 Å². The third kappa shape index (κ3) is 7.14. The fourth-order valence-corrected chi connectivity index (χ4v) is 4.45. The van der Waals surface area contributed by atoms with Crippen molar-refractivity contribution in [1.82, 2.24) is 15.1 Å². The first-order valence-corrected chi connectivity index (χ1v) is 12.9. The van der Waals surface area contributed by atoms with Gasteiger partial charge in [-0.3, -0.25) is 9.78 Å². The van der Waals surface area contributed by atoms with Gasteiger partial charge in [0.25, 0.3) is 5.89 Å². The first-order valence-electron chi connectivity index (χ1n) is 12.9. The molecule has 1 amide bonds. The molecule has 0 bridgehead atoms. The van der Waals surface area contributed by atoms with E-state index in [0.29, 0.717) is 23.4 Å². The summed E-state index contributed by atoms with van der Waals surface area (Å²) in [5, 5.41) is 24.0. The average Bonchev–Trinajstić information content (AvgIpc) is 3.34. The first-order chi connectivity index (χ1) is 17.7. The van der Waals surface area contributed by atoms with E-state index in [1.54, 1.807) is 0 Å². The lowest BCUT2D eigenvalue weighted by Crippen LogP contribution is -2.33. The van der Waals surface area contributed by atoms with Crippen LogP contribution in [-0.4, -0.2) is 50.1 Å². The zero-order chi connectivity index (χ0) is 27.1. The first kappa shape index (κ1) is 28.3. The number of rotatable bonds is 13. The molecule has 1 unspecified atom stereocenters. The molecule has 2 aromatic heterocycles. The van der Waals surface area contributed by atoms with Crippen LogP contribution in [0.4, 0.5) is 0 Å². The van der Waals surface area contributed by atoms with Crippen LogP contribution in [0.1, 0.15) is 74.9 Å². The standard InChI is InChI=1S/C28H38N4O5/c1-6-9-19-12-20(10-16(4)25(19)36-15-22(33)14-24(34)26(29)35)27-31-28(37-32-27)21-11-17(5)30-23(13-21)18(7-2)8-3/h10-13,18,22,24,33-34H,6-9,14-15H2,1-5H3,(H2,29,35)/t22-,24?/m1/s1. The SMILES string of the molecule is CCCc1cc(-c2noc(-c3cc(C)nc(C(CC)CC)c3)n2)cc(C)c1OC[C@H](O)CC(O)C(N)=O. The second-order valence-corrected chi connectivity index (χ2v) is 9.51. The number of pyridine rings is 1. The van der Waals surface area contributed by atoms with Gasteiger partial charge in [0.1, 0.15) is 18.5 Å². The fraction of sp³-hybridized carbons (Fsp3) is 0.500. The number of aliphatic hydroxyl groups excluding tert-OH is 2. The van der Waals surface area contributed by atoms with Crippen molar-refractivity contribution in [3.05, 3.63) is 46.8 Å². The largest absolute Gasteiger partial charge is 0.490 e. The summed E-state index contributed by atoms with van der Waals surface area (Å²) < 4.78 is 11.6. The summed E-state index contributed by atoms with van der Waals surface area (Å²) in [6.07, 6.45) is 1.01. The van der Waals surface area contributed by atoms with E-state index in [2.05, 4.69) is 30.9 Å². The van der Waals surface area contributed by atoms with Gasteiger partial charge in [-0.15, -0.1) is 0 Å². The Morgan fingerprint density at radius 3 is 2.43 bits per heavy atom. The summed E-state index contributed by atoms with van der Waals surface area (Å²) in [7, 11) is 0. The summed E-state index contributed by atoms with van der Waals surface area (Å²) in [6, 6.07) is 7.88. The van der Waals surface area contributed by atoms with Crippen LogP contribution in [0.2, 0.25) is 0 Å². The number of carbonyl (C=O) groups excluding carboxylic acids is 1. The molecule has 1 aromatic carbocycles. The van der Waals surface area contributed by atoms with Gasteiger partial charge in [-0.05, 0) is 68.5 Å². The van der Waals surface area contributed by atoms with Gasteiger partial charge in [0.15, 0.2) is 0 Å². The second-order valence-electron chi connectivity index (χ2n) is 9.51. The summed E-state index contributed by atoms with van der Waals surface area (Å²) in [4.78, 5) is 20.5. The molecule has 0 fully saturated rings. The second kappa shape index (κ2) is 12.8. The quantitative estimate of drug-likeness (QED) is 0.309. The lowest BCUT2D eigenvalue weighted by Gasteiger charge is -2.18. The Labute approximate surface area is 218 Å². The number of primary amides is 1. The number of aryl methyl sites for hydroxylation is 3. The van der Waals surface area contributed by atoms with Gasteiger partial charge >= 0.3 is 0 Å². The highest BCUT2D eigenvalue weighted by molar-refractivity contribution is 5.78. The molecular weight excluding hydrogens is 472 g/mol. The lowest BCUT2D eigenvalue weighted by molar-refractivity contribution is -0.127. The number of nitrogens with zero attached hydrogens (tertiary/aromatic N) is 3. The van der Waals surface area contributed by atoms with Gasteiger partial charge in [-0.2, -0.15) is 4.98 Å². The molecule has 0 saturated heterocycles. The molecule has 3 rings (SSSR count). The Balaban J connectivity index is 1.86. The molecule has 9 nitrogen and oxygen atoms in total. The van der Waals surface area contributed by atoms with Crippen LogP contribution < -0.4 is 10.5 Å². The van der Waals surface area contributed by atoms with Crippen molar-refractivity contribution >= 4 is 5.91 Å². The number of benzene rings is 1. The van der Waals surface area contributed by atoms with E-state index < -0.39 is 18.1 Å². The molecule has 0 aliphatic rings. The van der Waals surface area contributed by atoms with Crippen LogP contribution in [-0.2, 0) is 11.2 Å². The number of hydrogen-bond acceptors (Lipinski definition) is 8. The van der Waals surface area contributed by atoms with E-state index in [9.17, 15) is 15.0 Å². The minimum atomic E-state index is -1.42. The Morgan fingerprint density at radius 1 is 1.05 bits per heavy atom. The van der Waals surface area contributed by atoms with E-state index in [1.807, 2.05) is 38.1 Å². The predicted molar refractivity (Wildman–Crippen MR) is 141 cm³/mol. The van der Waals surface area contributed by atoms with Crippen molar-refractivity contribution in [2.75, 3.05) is 6.61 Å². The van der Waals surface area contributed by atoms with E-state index in [-0.39, 0.29) is 13.0 Å². The Hall–Kier alpha value is -3.30. The molecular formula is C28H38N4O5. The van der Waals surface area contributed by atoms with Gasteiger partial charge in [-0.25, -0.2) is 0 Å². The van der Waals surface area contributed by atoms with Crippen molar-refractivity contribution in [3.8, 4) is 28.6 Å². The molecule has 0 aliphatic heterocycles. The maximum atomic E-state index is 11.1. The topological polar surface area (TPSA) is 145 Å². The molecule has 3 aromatic rings. The number of amides is 1. The smallest absolute Gasteiger partial charge is 0.258 e. The third-order valence-electron chi connectivity index (χ3n) is 6.42. The highest BCUT2D eigenvalue weighted by atomic mass is 16.5. The Kier molecular flexibility index (Phi) is 9.77. The highest BCUT2D eigenvalue weighted by Gasteiger charge is 2.20. The third-order valence-corrected chi connectivity index (χ3v) is 6.42. The molecule has 2 heterocycles. The zero-order valence-electron chi connectivity index (χ0n) is 22.3. The van der Waals surface area contributed by atoms with Crippen molar-refractivity contribution in [3.63, 3.8) is 0 Å². The van der Waals surface area contributed by atoms with Crippen molar-refractivity contribution < 1.29 is 24.3 Å². The van der Waals surface area contributed by atoms with Gasteiger partial charge in [0, 0.05) is 34.9 Å². The Morgan fingerprint density at radius 2 is 1.78 bits per heavy atom. The Bertz CT molecular complexity index is 1210. The maximum absolute atomic E-state index is 11.1. The number of nitrogens with two attached hydrogens (primary N) is 1. The minimum absolute atomic E-state index is 0.0756. The number of ether oxygens (including phenoxy) is 1. The van der Waals surface area contributed by atoms with Crippen molar-refractivity contribution in [2.45, 2.75) is 84.8 Å². The van der Waals surface area contributed by atoms with Crippen LogP contribution in [0.3, 0.4) is 0 Å². The van der Waals surface area contributed by atoms with Crippen LogP contribution in [0, 0.1) is 13.8 Å². The minimum Gasteiger partial charge on any atom is -0.490 e. The molecule has 0 aliphatic carbocycles. The van der Waals surface area contributed by atoms with Gasteiger partial charge in [-0.1, -0.05) is 32.3 Å². The van der Waals surface area contributed by atoms with E-state index in [0.717, 1.165) is 59.3 Å². The normalized spacial score (nSPS) is 13.1. The summed E-state index contributed by atoms with van der Waals surface area (Å²) in [6.45, 7) is 10.2. The lowest BCUT2D eigenvalue weighted by atomic mass is 9.97. The molecule has 200 valence electrons. The number of aromatic nitrogens is 3. The van der Waals surface area contributed by atoms with E-state index in [1.165, 1.54) is 0 Å². The molecule has 2 atom stereocenters. The van der Waals surface area contributed by atoms with E-state index in [4.69, 9.17) is 20.0 Å². The number of carbonyl (C=O) groups is 1. The summed E-state index contributed by atoms with van der Waals surface area (Å²) in [5.74, 6) is 1.08. The van der Waals surface area contributed by atoms with Crippen LogP contribution in [0.25, 0.3) is 22.8 Å². The van der Waals surface area contributed by atoms with Crippen LogP contribution in [0.5, 0.6) is 5.75 Å². The molecule has 0 saturated carbocycles. The van der Waals surface area contributed by atoms with Gasteiger partial charge in [0.2, 0.25) is 11.7 Å². The highest BCUT2D eigenvalue weighted by Crippen LogP contribution is 2.33. The summed E-state index contributed by atoms with van der Waals surface area (Å²) >= 11 is 0. The fourth-order valence-electron chi connectivity index (χ4n) is 4.45. The maximum Gasteiger partial charge on any atom is 0.258 e.